The smallest absolute Gasteiger partial charge is 0.331 e. The largest absolute Gasteiger partial charge is 0.449 e. The van der Waals surface area contributed by atoms with Gasteiger partial charge in [0.15, 0.2) is 6.10 Å². The Morgan fingerprint density at radius 2 is 1.91 bits per heavy atom. The van der Waals surface area contributed by atoms with Gasteiger partial charge in [-0.3, -0.25) is 14.9 Å². The van der Waals surface area contributed by atoms with E-state index in [1.54, 1.807) is 17.7 Å². The van der Waals surface area contributed by atoms with Gasteiger partial charge >= 0.3 is 5.97 Å². The first-order valence-corrected chi connectivity index (χ1v) is 11.3. The van der Waals surface area contributed by atoms with Gasteiger partial charge in [-0.05, 0) is 37.6 Å². The van der Waals surface area contributed by atoms with Gasteiger partial charge in [0, 0.05) is 28.8 Å². The van der Waals surface area contributed by atoms with Crippen molar-refractivity contribution in [3.8, 4) is 0 Å². The normalized spacial score (nSPS) is 11.9. The molecule has 0 aliphatic rings. The zero-order chi connectivity index (χ0) is 25.7. The summed E-state index contributed by atoms with van der Waals surface area (Å²) in [7, 11) is 0. The van der Waals surface area contributed by atoms with E-state index in [0.29, 0.717) is 28.0 Å². The van der Waals surface area contributed by atoms with Crippen molar-refractivity contribution in [3.63, 3.8) is 0 Å². The fourth-order valence-electron chi connectivity index (χ4n) is 3.02. The Kier molecular flexibility index (Phi) is 8.50. The van der Waals surface area contributed by atoms with Gasteiger partial charge in [-0.1, -0.05) is 53.0 Å². The van der Waals surface area contributed by atoms with Crippen LogP contribution in [0.2, 0.25) is 15.2 Å². The maximum atomic E-state index is 12.4. The summed E-state index contributed by atoms with van der Waals surface area (Å²) in [6.45, 7) is 3.46. The quantitative estimate of drug-likeness (QED) is 0.171. The predicted octanol–water partition coefficient (Wildman–Crippen LogP) is 5.69. The van der Waals surface area contributed by atoms with E-state index < -0.39 is 22.9 Å². The van der Waals surface area contributed by atoms with Crippen LogP contribution in [-0.2, 0) is 20.9 Å². The summed E-state index contributed by atoms with van der Waals surface area (Å²) >= 11 is 18.6. The van der Waals surface area contributed by atoms with Crippen LogP contribution in [0.15, 0.2) is 48.5 Å². The lowest BCUT2D eigenvalue weighted by molar-refractivity contribution is -0.384. The molecule has 0 bridgehead atoms. The Balaban J connectivity index is 1.63. The molecule has 3 rings (SSSR count). The van der Waals surface area contributed by atoms with Crippen molar-refractivity contribution in [2.24, 2.45) is 0 Å². The third-order valence-corrected chi connectivity index (χ3v) is 5.94. The summed E-state index contributed by atoms with van der Waals surface area (Å²) < 4.78 is 6.69. The Bertz CT molecular complexity index is 1320. The minimum absolute atomic E-state index is 0.0232. The number of amides is 1. The van der Waals surface area contributed by atoms with E-state index in [2.05, 4.69) is 10.4 Å². The van der Waals surface area contributed by atoms with Crippen molar-refractivity contribution in [1.29, 1.82) is 0 Å². The molecule has 0 radical (unpaired) electrons. The topological polar surface area (TPSA) is 116 Å². The number of nitro groups is 1. The molecule has 3 aromatic rings. The van der Waals surface area contributed by atoms with E-state index in [4.69, 9.17) is 39.5 Å². The molecule has 12 heteroatoms. The standard InChI is InChI=1S/C23H19Cl3N4O5/c1-13-17(22(26)29(28-13)12-15-5-3-4-6-18(15)24)8-10-21(31)35-14(2)23(32)27-20-9-7-16(30(33)34)11-19(20)25/h3-11,14H,12H2,1-2H3,(H,27,32). The molecule has 182 valence electrons. The third-order valence-electron chi connectivity index (χ3n) is 4.86. The molecule has 1 aromatic heterocycles. The van der Waals surface area contributed by atoms with Crippen molar-refractivity contribution in [3.05, 3.63) is 90.7 Å². The average Bonchev–Trinajstić information content (AvgIpc) is 3.07. The highest BCUT2D eigenvalue weighted by Gasteiger charge is 2.19. The molecule has 1 unspecified atom stereocenters. The maximum Gasteiger partial charge on any atom is 0.331 e. The number of carbonyl (C=O) groups is 2. The van der Waals surface area contributed by atoms with Crippen LogP contribution in [0.25, 0.3) is 6.08 Å². The number of aromatic nitrogens is 2. The number of nitrogens with zero attached hydrogens (tertiary/aromatic N) is 3. The molecular formula is C23H19Cl3N4O5. The maximum absolute atomic E-state index is 12.4. The molecule has 0 aliphatic heterocycles. The van der Waals surface area contributed by atoms with Crippen LogP contribution < -0.4 is 5.32 Å². The number of benzene rings is 2. The number of rotatable bonds is 8. The van der Waals surface area contributed by atoms with Gasteiger partial charge in [-0.25, -0.2) is 9.48 Å². The highest BCUT2D eigenvalue weighted by molar-refractivity contribution is 6.34. The first kappa shape index (κ1) is 26.2. The third kappa shape index (κ3) is 6.60. The van der Waals surface area contributed by atoms with E-state index in [-0.39, 0.29) is 16.4 Å². The van der Waals surface area contributed by atoms with Crippen LogP contribution in [-0.4, -0.2) is 32.7 Å². The lowest BCUT2D eigenvalue weighted by Gasteiger charge is -2.13. The van der Waals surface area contributed by atoms with Gasteiger partial charge in [-0.2, -0.15) is 5.10 Å². The summed E-state index contributed by atoms with van der Waals surface area (Å²) in [5.74, 6) is -1.44. The zero-order valence-electron chi connectivity index (χ0n) is 18.5. The minimum atomic E-state index is -1.17. The second-order valence-corrected chi connectivity index (χ2v) is 8.53. The molecule has 35 heavy (non-hydrogen) atoms. The molecule has 1 amide bonds. The first-order valence-electron chi connectivity index (χ1n) is 10.2. The highest BCUT2D eigenvalue weighted by Crippen LogP contribution is 2.27. The molecule has 1 atom stereocenters. The van der Waals surface area contributed by atoms with Crippen LogP contribution in [0.1, 0.15) is 23.7 Å². The molecule has 0 saturated heterocycles. The number of carbonyl (C=O) groups excluding carboxylic acids is 2. The summed E-state index contributed by atoms with van der Waals surface area (Å²) in [4.78, 5) is 34.8. The number of ether oxygens (including phenoxy) is 1. The zero-order valence-corrected chi connectivity index (χ0v) is 20.8. The van der Waals surface area contributed by atoms with Gasteiger partial charge in [-0.15, -0.1) is 0 Å². The van der Waals surface area contributed by atoms with E-state index in [1.165, 1.54) is 25.1 Å². The van der Waals surface area contributed by atoms with Crippen LogP contribution in [0.5, 0.6) is 0 Å². The number of hydrogen-bond acceptors (Lipinski definition) is 6. The number of nitrogens with one attached hydrogen (secondary N) is 1. The van der Waals surface area contributed by atoms with E-state index in [1.807, 2.05) is 18.2 Å². The fourth-order valence-corrected chi connectivity index (χ4v) is 3.74. The lowest BCUT2D eigenvalue weighted by Crippen LogP contribution is -2.29. The molecule has 1 heterocycles. The molecule has 0 aliphatic carbocycles. The second kappa shape index (κ2) is 11.4. The Morgan fingerprint density at radius 1 is 1.20 bits per heavy atom. The summed E-state index contributed by atoms with van der Waals surface area (Å²) in [5, 5.41) is 18.5. The van der Waals surface area contributed by atoms with Crippen molar-refractivity contribution in [2.75, 3.05) is 5.32 Å². The summed E-state index contributed by atoms with van der Waals surface area (Å²) in [5.41, 5.74) is 1.87. The van der Waals surface area contributed by atoms with Gasteiger partial charge in [0.1, 0.15) is 5.15 Å². The molecule has 0 spiro atoms. The number of non-ortho nitro benzene ring substituents is 1. The number of esters is 1. The van der Waals surface area contributed by atoms with Gasteiger partial charge in [0.25, 0.3) is 11.6 Å². The van der Waals surface area contributed by atoms with Gasteiger partial charge in [0.2, 0.25) is 0 Å². The SMILES string of the molecule is Cc1nn(Cc2ccccc2Cl)c(Cl)c1C=CC(=O)OC(C)C(=O)Nc1ccc([N+](=O)[O-])cc1Cl. The Morgan fingerprint density at radius 3 is 2.57 bits per heavy atom. The number of anilines is 1. The number of aryl methyl sites for hydroxylation is 1. The monoisotopic (exact) mass is 536 g/mol. The number of halogens is 3. The molecule has 2 aromatic carbocycles. The number of nitro benzene ring substituents is 1. The highest BCUT2D eigenvalue weighted by atomic mass is 35.5. The van der Waals surface area contributed by atoms with Crippen LogP contribution in [0.4, 0.5) is 11.4 Å². The summed E-state index contributed by atoms with van der Waals surface area (Å²) in [6, 6.07) is 10.9. The predicted molar refractivity (Wildman–Crippen MR) is 134 cm³/mol. The van der Waals surface area contributed by atoms with Crippen molar-refractivity contribution < 1.29 is 19.2 Å². The van der Waals surface area contributed by atoms with E-state index in [9.17, 15) is 19.7 Å². The number of hydrogen-bond donors (Lipinski definition) is 1. The second-order valence-electron chi connectivity index (χ2n) is 7.36. The Labute approximate surface area is 215 Å². The fraction of sp³-hybridized carbons (Fsp3) is 0.174. The Hall–Kier alpha value is -3.40. The summed E-state index contributed by atoms with van der Waals surface area (Å²) in [6.07, 6.45) is 1.42. The van der Waals surface area contributed by atoms with Crippen LogP contribution >= 0.6 is 34.8 Å². The van der Waals surface area contributed by atoms with Crippen LogP contribution in [0, 0.1) is 17.0 Å². The molecule has 0 saturated carbocycles. The molecule has 9 nitrogen and oxygen atoms in total. The average molecular weight is 538 g/mol. The first-order chi connectivity index (χ1) is 16.6. The lowest BCUT2D eigenvalue weighted by atomic mass is 10.2. The molecule has 1 N–H and O–H groups in total. The van der Waals surface area contributed by atoms with Gasteiger partial charge < -0.3 is 10.1 Å². The van der Waals surface area contributed by atoms with Crippen molar-refractivity contribution in [2.45, 2.75) is 26.5 Å². The van der Waals surface area contributed by atoms with E-state index in [0.717, 1.165) is 17.7 Å². The molecule has 0 fully saturated rings. The minimum Gasteiger partial charge on any atom is -0.449 e. The van der Waals surface area contributed by atoms with Crippen LogP contribution in [0.3, 0.4) is 0 Å². The van der Waals surface area contributed by atoms with Gasteiger partial charge in [0.05, 0.1) is 27.9 Å². The van der Waals surface area contributed by atoms with E-state index >= 15 is 0 Å². The molecular weight excluding hydrogens is 519 g/mol. The van der Waals surface area contributed by atoms with Crippen molar-refractivity contribution in [1.82, 2.24) is 9.78 Å². The van der Waals surface area contributed by atoms with Crippen molar-refractivity contribution >= 4 is 64.1 Å².